The van der Waals surface area contributed by atoms with Gasteiger partial charge in [0.25, 0.3) is 11.6 Å². The summed E-state index contributed by atoms with van der Waals surface area (Å²) in [5.74, 6) is -1.35. The molecule has 116 valence electrons. The van der Waals surface area contributed by atoms with Crippen molar-refractivity contribution in [2.45, 2.75) is 20.8 Å². The summed E-state index contributed by atoms with van der Waals surface area (Å²) in [6.45, 7) is 8.14. The van der Waals surface area contributed by atoms with Gasteiger partial charge in [0.2, 0.25) is 0 Å². The molecule has 1 aromatic rings. The lowest BCUT2D eigenvalue weighted by molar-refractivity contribution is -0.385. The predicted molar refractivity (Wildman–Crippen MR) is 77.9 cm³/mol. The lowest BCUT2D eigenvalue weighted by Gasteiger charge is -2.18. The molecule has 0 bridgehead atoms. The van der Waals surface area contributed by atoms with E-state index >= 15 is 0 Å². The first-order valence-electron chi connectivity index (χ1n) is 6.85. The Bertz CT molecular complexity index is 530. The number of likely N-dealkylation sites (N-methyl/N-ethyl adjacent to an activating group) is 1. The van der Waals surface area contributed by atoms with Crippen LogP contribution in [-0.4, -0.2) is 41.9 Å². The van der Waals surface area contributed by atoms with Crippen LogP contribution in [0.2, 0.25) is 0 Å². The minimum Gasteiger partial charge on any atom is -0.351 e. The maximum atomic E-state index is 13.9. The Morgan fingerprint density at radius 2 is 2.00 bits per heavy atom. The summed E-state index contributed by atoms with van der Waals surface area (Å²) in [5, 5.41) is 13.4. The topological polar surface area (TPSA) is 75.5 Å². The Labute approximate surface area is 123 Å². The van der Waals surface area contributed by atoms with Crippen molar-refractivity contribution < 1.29 is 14.1 Å². The maximum absolute atomic E-state index is 13.9. The molecule has 0 atom stereocenters. The summed E-state index contributed by atoms with van der Waals surface area (Å²) in [6.07, 6.45) is 0. The van der Waals surface area contributed by atoms with E-state index < -0.39 is 16.6 Å². The summed E-state index contributed by atoms with van der Waals surface area (Å²) in [5.41, 5.74) is -0.498. The van der Waals surface area contributed by atoms with Crippen molar-refractivity contribution >= 4 is 11.6 Å². The van der Waals surface area contributed by atoms with Crippen molar-refractivity contribution in [3.8, 4) is 0 Å². The van der Waals surface area contributed by atoms with Crippen LogP contribution in [0.5, 0.6) is 0 Å². The third-order valence-corrected chi connectivity index (χ3v) is 3.30. The highest BCUT2D eigenvalue weighted by molar-refractivity contribution is 5.95. The van der Waals surface area contributed by atoms with Crippen LogP contribution in [0.3, 0.4) is 0 Å². The molecule has 0 aliphatic rings. The van der Waals surface area contributed by atoms with Crippen molar-refractivity contribution in [2.75, 3.05) is 26.2 Å². The first-order valence-corrected chi connectivity index (χ1v) is 6.85. The quantitative estimate of drug-likeness (QED) is 0.618. The van der Waals surface area contributed by atoms with Gasteiger partial charge in [0, 0.05) is 25.2 Å². The lowest BCUT2D eigenvalue weighted by atomic mass is 10.1. The molecule has 0 aliphatic carbocycles. The highest BCUT2D eigenvalue weighted by atomic mass is 19.1. The van der Waals surface area contributed by atoms with Crippen molar-refractivity contribution in [1.29, 1.82) is 0 Å². The second kappa shape index (κ2) is 7.68. The van der Waals surface area contributed by atoms with Crippen LogP contribution >= 0.6 is 0 Å². The van der Waals surface area contributed by atoms with Crippen molar-refractivity contribution in [3.63, 3.8) is 0 Å². The fourth-order valence-corrected chi connectivity index (χ4v) is 1.98. The average molecular weight is 297 g/mol. The second-order valence-electron chi connectivity index (χ2n) is 4.66. The summed E-state index contributed by atoms with van der Waals surface area (Å²) in [6, 6.07) is 2.08. The van der Waals surface area contributed by atoms with E-state index in [0.717, 1.165) is 25.2 Å². The Kier molecular flexibility index (Phi) is 6.23. The van der Waals surface area contributed by atoms with Gasteiger partial charge in [-0.15, -0.1) is 0 Å². The van der Waals surface area contributed by atoms with Crippen molar-refractivity contribution in [2.24, 2.45) is 0 Å². The van der Waals surface area contributed by atoms with E-state index in [2.05, 4.69) is 10.2 Å². The molecule has 0 radical (unpaired) electrons. The average Bonchev–Trinajstić information content (AvgIpc) is 2.45. The summed E-state index contributed by atoms with van der Waals surface area (Å²) in [4.78, 5) is 24.2. The minimum absolute atomic E-state index is 0.0816. The normalized spacial score (nSPS) is 10.7. The van der Waals surface area contributed by atoms with E-state index in [1.165, 1.54) is 6.92 Å². The number of carbonyl (C=O) groups is 1. The number of carbonyl (C=O) groups excluding carboxylic acids is 1. The smallest absolute Gasteiger partial charge is 0.270 e. The molecule has 0 aromatic heterocycles. The molecule has 1 aromatic carbocycles. The monoisotopic (exact) mass is 297 g/mol. The van der Waals surface area contributed by atoms with Gasteiger partial charge in [0.15, 0.2) is 0 Å². The number of nitro groups is 1. The highest BCUT2D eigenvalue weighted by Crippen LogP contribution is 2.20. The first-order chi connectivity index (χ1) is 9.90. The van der Waals surface area contributed by atoms with Crippen LogP contribution in [0.15, 0.2) is 12.1 Å². The van der Waals surface area contributed by atoms with Crippen LogP contribution in [0.25, 0.3) is 0 Å². The highest BCUT2D eigenvalue weighted by Gasteiger charge is 2.19. The Hall–Kier alpha value is -2.02. The molecule has 21 heavy (non-hydrogen) atoms. The molecule has 0 saturated heterocycles. The van der Waals surface area contributed by atoms with Gasteiger partial charge < -0.3 is 10.2 Å². The van der Waals surface area contributed by atoms with Crippen LogP contribution in [-0.2, 0) is 0 Å². The molecule has 0 saturated carbocycles. The number of rotatable bonds is 7. The second-order valence-corrected chi connectivity index (χ2v) is 4.66. The fraction of sp³-hybridized carbons (Fsp3) is 0.500. The van der Waals surface area contributed by atoms with E-state index in [1.54, 1.807) is 0 Å². The molecular weight excluding hydrogens is 277 g/mol. The van der Waals surface area contributed by atoms with Gasteiger partial charge in [-0.05, 0) is 25.6 Å². The number of hydrogen-bond donors (Lipinski definition) is 1. The minimum atomic E-state index is -0.721. The van der Waals surface area contributed by atoms with Crippen LogP contribution < -0.4 is 5.32 Å². The largest absolute Gasteiger partial charge is 0.351 e. The molecule has 0 spiro atoms. The van der Waals surface area contributed by atoms with E-state index in [-0.39, 0.29) is 16.8 Å². The standard InChI is InChI=1S/C14H20FN3O3/c1-4-17(5-2)7-6-16-14(19)12-9-11(18(20)21)8-10(3)13(12)15/h8-9H,4-7H2,1-3H3,(H,16,19). The maximum Gasteiger partial charge on any atom is 0.270 e. The van der Waals surface area contributed by atoms with E-state index in [1.807, 2.05) is 13.8 Å². The van der Waals surface area contributed by atoms with Gasteiger partial charge in [0.1, 0.15) is 5.82 Å². The Morgan fingerprint density at radius 3 is 2.52 bits per heavy atom. The molecule has 1 N–H and O–H groups in total. The van der Waals surface area contributed by atoms with Crippen molar-refractivity contribution in [3.05, 3.63) is 39.2 Å². The first kappa shape index (κ1) is 17.0. The Morgan fingerprint density at radius 1 is 1.38 bits per heavy atom. The number of non-ortho nitro benzene ring substituents is 1. The number of benzene rings is 1. The number of nitro benzene ring substituents is 1. The lowest BCUT2D eigenvalue weighted by Crippen LogP contribution is -2.35. The zero-order chi connectivity index (χ0) is 16.0. The SMILES string of the molecule is CCN(CC)CCNC(=O)c1cc([N+](=O)[O-])cc(C)c1F. The van der Waals surface area contributed by atoms with Gasteiger partial charge in [-0.1, -0.05) is 13.8 Å². The number of nitrogens with one attached hydrogen (secondary N) is 1. The summed E-state index contributed by atoms with van der Waals surface area (Å²) < 4.78 is 13.9. The third kappa shape index (κ3) is 4.49. The molecule has 1 rings (SSSR count). The number of amides is 1. The summed E-state index contributed by atoms with van der Waals surface area (Å²) in [7, 11) is 0. The molecule has 1 amide bonds. The van der Waals surface area contributed by atoms with E-state index in [9.17, 15) is 19.3 Å². The third-order valence-electron chi connectivity index (χ3n) is 3.30. The van der Waals surface area contributed by atoms with Gasteiger partial charge in [-0.25, -0.2) is 4.39 Å². The number of hydrogen-bond acceptors (Lipinski definition) is 4. The summed E-state index contributed by atoms with van der Waals surface area (Å²) >= 11 is 0. The zero-order valence-electron chi connectivity index (χ0n) is 12.5. The van der Waals surface area contributed by atoms with Gasteiger partial charge in [0.05, 0.1) is 10.5 Å². The molecule has 7 heteroatoms. The zero-order valence-corrected chi connectivity index (χ0v) is 12.5. The van der Waals surface area contributed by atoms with Gasteiger partial charge in [-0.3, -0.25) is 14.9 Å². The molecule has 0 aliphatic heterocycles. The number of aryl methyl sites for hydroxylation is 1. The van der Waals surface area contributed by atoms with Crippen LogP contribution in [0.1, 0.15) is 29.8 Å². The number of nitrogens with zero attached hydrogens (tertiary/aromatic N) is 2. The van der Waals surface area contributed by atoms with Crippen molar-refractivity contribution in [1.82, 2.24) is 10.2 Å². The van der Waals surface area contributed by atoms with Crippen LogP contribution in [0.4, 0.5) is 10.1 Å². The van der Waals surface area contributed by atoms with E-state index in [4.69, 9.17) is 0 Å². The fourth-order valence-electron chi connectivity index (χ4n) is 1.98. The van der Waals surface area contributed by atoms with Crippen LogP contribution in [0, 0.1) is 22.9 Å². The molecule has 0 heterocycles. The Balaban J connectivity index is 2.80. The van der Waals surface area contributed by atoms with E-state index in [0.29, 0.717) is 13.1 Å². The molecular formula is C14H20FN3O3. The van der Waals surface area contributed by atoms with Gasteiger partial charge in [-0.2, -0.15) is 0 Å². The predicted octanol–water partition coefficient (Wildman–Crippen LogP) is 2.11. The molecule has 6 nitrogen and oxygen atoms in total. The number of halogens is 1. The molecule has 0 fully saturated rings. The molecule has 0 unspecified atom stereocenters. The van der Waals surface area contributed by atoms with Gasteiger partial charge >= 0.3 is 0 Å².